The molecule has 1 fully saturated rings. The van der Waals surface area contributed by atoms with E-state index in [4.69, 9.17) is 12.2 Å². The molecule has 1 saturated heterocycles. The summed E-state index contributed by atoms with van der Waals surface area (Å²) < 4.78 is 0. The molecule has 0 amide bonds. The quantitative estimate of drug-likeness (QED) is 0.650. The molecule has 1 aliphatic heterocycles. The minimum absolute atomic E-state index is 0.0219. The molecule has 3 rings (SSSR count). The Kier molecular flexibility index (Phi) is 7.53. The van der Waals surface area contributed by atoms with E-state index in [0.717, 1.165) is 53.2 Å². The first kappa shape index (κ1) is 22.8. The Morgan fingerprint density at radius 1 is 1.37 bits per heavy atom. The van der Waals surface area contributed by atoms with Crippen molar-refractivity contribution >= 4 is 28.2 Å². The second-order valence-corrected chi connectivity index (χ2v) is 9.05. The van der Waals surface area contributed by atoms with Crippen molar-refractivity contribution in [2.24, 2.45) is 0 Å². The summed E-state index contributed by atoms with van der Waals surface area (Å²) in [7, 11) is 0. The van der Waals surface area contributed by atoms with Crippen LogP contribution in [-0.4, -0.2) is 51.6 Å². The Hall–Kier alpha value is -1.92. The highest BCUT2D eigenvalue weighted by Crippen LogP contribution is 2.21. The Morgan fingerprint density at radius 2 is 2.13 bits per heavy atom. The maximum Gasteiger partial charge on any atom is 0.253 e. The van der Waals surface area contributed by atoms with Crippen LogP contribution in [-0.2, 0) is 6.54 Å². The summed E-state index contributed by atoms with van der Waals surface area (Å²) >= 11 is 5.79. The maximum atomic E-state index is 12.9. The van der Waals surface area contributed by atoms with Gasteiger partial charge in [0.05, 0.1) is 12.1 Å². The number of thiocarbonyl (C=S) groups is 1. The molecule has 0 spiro atoms. The Balaban J connectivity index is 1.89. The maximum absolute atomic E-state index is 12.9. The van der Waals surface area contributed by atoms with Crippen molar-refractivity contribution in [1.29, 1.82) is 0 Å². The molecule has 1 aromatic carbocycles. The van der Waals surface area contributed by atoms with E-state index in [0.29, 0.717) is 18.6 Å². The Bertz CT molecular complexity index is 954. The van der Waals surface area contributed by atoms with Gasteiger partial charge in [0.25, 0.3) is 5.56 Å². The van der Waals surface area contributed by atoms with Crippen molar-refractivity contribution in [2.45, 2.75) is 72.5 Å². The van der Waals surface area contributed by atoms with Crippen LogP contribution in [0.4, 0.5) is 0 Å². The van der Waals surface area contributed by atoms with E-state index >= 15 is 0 Å². The van der Waals surface area contributed by atoms with Gasteiger partial charge in [-0.25, -0.2) is 0 Å². The Labute approximate surface area is 185 Å². The smallest absolute Gasteiger partial charge is 0.253 e. The lowest BCUT2D eigenvalue weighted by atomic mass is 10.0. The first-order valence-electron chi connectivity index (χ1n) is 11.3. The summed E-state index contributed by atoms with van der Waals surface area (Å²) in [4.78, 5) is 20.8. The van der Waals surface area contributed by atoms with Crippen molar-refractivity contribution < 1.29 is 0 Å². The van der Waals surface area contributed by atoms with Crippen LogP contribution in [0.15, 0.2) is 23.0 Å². The fraction of sp³-hybridized carbons (Fsp3) is 0.583. The average molecular weight is 429 g/mol. The molecule has 0 aliphatic carbocycles. The van der Waals surface area contributed by atoms with Crippen molar-refractivity contribution in [1.82, 2.24) is 20.1 Å². The van der Waals surface area contributed by atoms with Gasteiger partial charge in [-0.3, -0.25) is 9.69 Å². The largest absolute Gasteiger partial charge is 0.360 e. The zero-order chi connectivity index (χ0) is 21.8. The molecule has 2 aromatic rings. The van der Waals surface area contributed by atoms with Crippen LogP contribution in [0.25, 0.3) is 10.9 Å². The van der Waals surface area contributed by atoms with E-state index in [9.17, 15) is 4.79 Å². The summed E-state index contributed by atoms with van der Waals surface area (Å²) in [6.07, 6.45) is 3.42. The minimum atomic E-state index is -0.0219. The van der Waals surface area contributed by atoms with Gasteiger partial charge in [0.1, 0.15) is 0 Å². The number of aromatic nitrogens is 1. The van der Waals surface area contributed by atoms with Gasteiger partial charge in [0.15, 0.2) is 5.11 Å². The van der Waals surface area contributed by atoms with E-state index in [1.807, 2.05) is 6.07 Å². The normalized spacial score (nSPS) is 18.0. The molecular weight excluding hydrogens is 392 g/mol. The molecule has 30 heavy (non-hydrogen) atoms. The van der Waals surface area contributed by atoms with Gasteiger partial charge in [-0.05, 0) is 87.9 Å². The topological polar surface area (TPSA) is 51.4 Å². The number of hydrogen-bond donors (Lipinski definition) is 2. The van der Waals surface area contributed by atoms with Crippen molar-refractivity contribution in [3.05, 3.63) is 45.2 Å². The average Bonchev–Trinajstić information content (AvgIpc) is 3.18. The molecule has 1 aliphatic rings. The summed E-state index contributed by atoms with van der Waals surface area (Å²) in [6.45, 7) is 14.2. The predicted octanol–water partition coefficient (Wildman–Crippen LogP) is 4.10. The third-order valence-electron chi connectivity index (χ3n) is 6.60. The lowest BCUT2D eigenvalue weighted by Gasteiger charge is -2.33. The summed E-state index contributed by atoms with van der Waals surface area (Å²) in [5, 5.41) is 5.27. The molecule has 0 saturated carbocycles. The highest BCUT2D eigenvalue weighted by atomic mass is 32.1. The molecule has 2 N–H and O–H groups in total. The van der Waals surface area contributed by atoms with Gasteiger partial charge in [-0.2, -0.15) is 0 Å². The van der Waals surface area contributed by atoms with Gasteiger partial charge in [0.2, 0.25) is 0 Å². The molecule has 6 heteroatoms. The van der Waals surface area contributed by atoms with Crippen LogP contribution in [0.5, 0.6) is 0 Å². The molecule has 2 atom stereocenters. The van der Waals surface area contributed by atoms with Crippen molar-refractivity contribution in [3.8, 4) is 0 Å². The number of rotatable bonds is 7. The molecule has 0 radical (unpaired) electrons. The van der Waals surface area contributed by atoms with E-state index < -0.39 is 0 Å². The number of pyridine rings is 1. The van der Waals surface area contributed by atoms with Crippen LogP contribution < -0.4 is 10.9 Å². The lowest BCUT2D eigenvalue weighted by molar-refractivity contribution is 0.218. The number of nitrogens with zero attached hydrogens (tertiary/aromatic N) is 2. The Morgan fingerprint density at radius 3 is 2.83 bits per heavy atom. The minimum Gasteiger partial charge on any atom is -0.360 e. The molecular formula is C24H36N4OS. The van der Waals surface area contributed by atoms with E-state index in [-0.39, 0.29) is 5.56 Å². The van der Waals surface area contributed by atoms with Crippen molar-refractivity contribution in [2.75, 3.05) is 19.6 Å². The highest BCUT2D eigenvalue weighted by Gasteiger charge is 2.27. The molecule has 2 heterocycles. The van der Waals surface area contributed by atoms with Gasteiger partial charge < -0.3 is 15.2 Å². The summed E-state index contributed by atoms with van der Waals surface area (Å²) in [5.41, 5.74) is 3.99. The lowest BCUT2D eigenvalue weighted by Crippen LogP contribution is -2.48. The number of benzene rings is 1. The number of nitrogens with one attached hydrogen (secondary N) is 2. The number of H-pyrrole nitrogens is 1. The standard InChI is InChI=1S/C24H36N4OS/c1-6-17(4)25-24(30)28(15-21-9-8-12-27(21)7-2)14-20-13-19-11-10-16(3)18(5)22(19)26-23(20)29/h10-11,13,17,21H,6-9,12,14-15H2,1-5H3,(H,25,30)(H,26,29)/t17-,21-/m1/s1. The molecule has 1 aromatic heterocycles. The van der Waals surface area contributed by atoms with E-state index in [2.05, 4.69) is 66.9 Å². The van der Waals surface area contributed by atoms with Gasteiger partial charge in [-0.15, -0.1) is 0 Å². The number of likely N-dealkylation sites (tertiary alicyclic amines) is 1. The van der Waals surface area contributed by atoms with Gasteiger partial charge in [-0.1, -0.05) is 26.0 Å². The number of fused-ring (bicyclic) bond motifs is 1. The number of aryl methyl sites for hydroxylation is 2. The monoisotopic (exact) mass is 428 g/mol. The van der Waals surface area contributed by atoms with Crippen LogP contribution in [0, 0.1) is 13.8 Å². The van der Waals surface area contributed by atoms with Gasteiger partial charge in [0, 0.05) is 24.2 Å². The zero-order valence-electron chi connectivity index (χ0n) is 19.0. The fourth-order valence-electron chi connectivity index (χ4n) is 4.29. The number of likely N-dealkylation sites (N-methyl/N-ethyl adjacent to an activating group) is 1. The van der Waals surface area contributed by atoms with Crippen LogP contribution in [0.3, 0.4) is 0 Å². The number of aromatic amines is 1. The molecule has 164 valence electrons. The fourth-order valence-corrected chi connectivity index (χ4v) is 4.63. The SMILES string of the molecule is CC[C@@H](C)NC(=S)N(Cc1cc2ccc(C)c(C)c2[nH]c1=O)C[C@H]1CCCN1CC. The number of hydrogen-bond acceptors (Lipinski definition) is 3. The second kappa shape index (κ2) is 9.92. The molecule has 0 bridgehead atoms. The van der Waals surface area contributed by atoms with Crippen LogP contribution >= 0.6 is 12.2 Å². The first-order chi connectivity index (χ1) is 14.3. The molecule has 5 nitrogen and oxygen atoms in total. The highest BCUT2D eigenvalue weighted by molar-refractivity contribution is 7.80. The van der Waals surface area contributed by atoms with E-state index in [1.54, 1.807) is 0 Å². The van der Waals surface area contributed by atoms with Crippen molar-refractivity contribution in [3.63, 3.8) is 0 Å². The second-order valence-electron chi connectivity index (χ2n) is 8.66. The first-order valence-corrected chi connectivity index (χ1v) is 11.7. The third-order valence-corrected chi connectivity index (χ3v) is 6.97. The van der Waals surface area contributed by atoms with Crippen LogP contribution in [0.2, 0.25) is 0 Å². The zero-order valence-corrected chi connectivity index (χ0v) is 19.9. The summed E-state index contributed by atoms with van der Waals surface area (Å²) in [6, 6.07) is 7.03. The van der Waals surface area contributed by atoms with Crippen LogP contribution in [0.1, 0.15) is 56.7 Å². The summed E-state index contributed by atoms with van der Waals surface area (Å²) in [5.74, 6) is 0. The predicted molar refractivity (Wildman–Crippen MR) is 130 cm³/mol. The molecule has 0 unspecified atom stereocenters. The van der Waals surface area contributed by atoms with E-state index in [1.165, 1.54) is 18.4 Å². The van der Waals surface area contributed by atoms with Gasteiger partial charge >= 0.3 is 0 Å². The third kappa shape index (κ3) is 5.03.